The van der Waals surface area contributed by atoms with Gasteiger partial charge in [-0.15, -0.1) is 11.3 Å². The normalized spacial score (nSPS) is 21.5. The highest BCUT2D eigenvalue weighted by atomic mass is 32.1. The maximum Gasteiger partial charge on any atom is 0.226 e. The van der Waals surface area contributed by atoms with E-state index in [1.54, 1.807) is 30.8 Å². The van der Waals surface area contributed by atoms with Crippen LogP contribution in [0, 0.1) is 5.92 Å². The molecule has 1 aliphatic carbocycles. The molecule has 2 atom stereocenters. The van der Waals surface area contributed by atoms with Crippen molar-refractivity contribution in [2.75, 3.05) is 38.2 Å². The Hall–Kier alpha value is -2.93. The predicted molar refractivity (Wildman–Crippen MR) is 124 cm³/mol. The summed E-state index contributed by atoms with van der Waals surface area (Å²) < 4.78 is 6.65. The first kappa shape index (κ1) is 20.0. The summed E-state index contributed by atoms with van der Waals surface area (Å²) in [5.74, 6) is 1.16. The van der Waals surface area contributed by atoms with Crippen molar-refractivity contribution >= 4 is 33.1 Å². The minimum atomic E-state index is -0.0347. The van der Waals surface area contributed by atoms with E-state index in [4.69, 9.17) is 9.72 Å². The number of carbonyl (C=O) groups is 1. The molecule has 0 spiro atoms. The van der Waals surface area contributed by atoms with Crippen LogP contribution in [-0.2, 0) is 4.79 Å². The zero-order valence-electron chi connectivity index (χ0n) is 17.6. The second kappa shape index (κ2) is 8.67. The summed E-state index contributed by atoms with van der Waals surface area (Å²) in [7, 11) is 1.67. The number of aromatic nitrogens is 2. The first-order valence-electron chi connectivity index (χ1n) is 10.8. The average molecular weight is 435 g/mol. The molecule has 1 fully saturated rings. The summed E-state index contributed by atoms with van der Waals surface area (Å²) in [6.45, 7) is 3.02. The summed E-state index contributed by atoms with van der Waals surface area (Å²) in [5, 5.41) is 1.09. The number of anilines is 1. The second-order valence-corrected chi connectivity index (χ2v) is 9.10. The van der Waals surface area contributed by atoms with Crippen molar-refractivity contribution in [3.8, 4) is 5.75 Å². The molecule has 2 aliphatic rings. The number of hydrogen-bond donors (Lipinski definition) is 0. The zero-order valence-corrected chi connectivity index (χ0v) is 18.4. The third-order valence-electron chi connectivity index (χ3n) is 6.29. The SMILES string of the molecule is COc1cnccc1N1CCN(C(=O)C2CC=CCC2c2nc3ccccc3s2)CC1. The molecule has 0 N–H and O–H groups in total. The van der Waals surface area contributed by atoms with E-state index in [-0.39, 0.29) is 17.7 Å². The molecule has 3 heterocycles. The van der Waals surface area contributed by atoms with Crippen molar-refractivity contribution in [2.45, 2.75) is 18.8 Å². The molecule has 5 rings (SSSR count). The Morgan fingerprint density at radius 2 is 1.90 bits per heavy atom. The standard InChI is InChI=1S/C24H26N4O2S/c1-30-21-16-25-11-10-20(21)27-12-14-28(15-13-27)24(29)18-7-3-2-6-17(18)23-26-19-8-4-5-9-22(19)31-23/h2-5,8-11,16-18H,6-7,12-15H2,1H3. The first-order chi connectivity index (χ1) is 15.2. The first-order valence-corrected chi connectivity index (χ1v) is 11.6. The maximum absolute atomic E-state index is 13.5. The maximum atomic E-state index is 13.5. The van der Waals surface area contributed by atoms with E-state index in [9.17, 15) is 4.79 Å². The molecular weight excluding hydrogens is 408 g/mol. The van der Waals surface area contributed by atoms with Crippen LogP contribution >= 0.6 is 11.3 Å². The van der Waals surface area contributed by atoms with Gasteiger partial charge in [-0.05, 0) is 31.0 Å². The van der Waals surface area contributed by atoms with Crippen LogP contribution in [0.5, 0.6) is 5.75 Å². The number of para-hydroxylation sites is 1. The molecule has 2 unspecified atom stereocenters. The van der Waals surface area contributed by atoms with Crippen LogP contribution < -0.4 is 9.64 Å². The average Bonchev–Trinajstić information content (AvgIpc) is 3.28. The number of fused-ring (bicyclic) bond motifs is 1. The van der Waals surface area contributed by atoms with Crippen LogP contribution in [0.1, 0.15) is 23.8 Å². The molecule has 1 amide bonds. The summed E-state index contributed by atoms with van der Waals surface area (Å²) in [4.78, 5) is 26.9. The highest BCUT2D eigenvalue weighted by molar-refractivity contribution is 7.18. The van der Waals surface area contributed by atoms with Gasteiger partial charge in [0.05, 0.1) is 40.1 Å². The van der Waals surface area contributed by atoms with E-state index in [0.717, 1.165) is 61.0 Å². The highest BCUT2D eigenvalue weighted by Gasteiger charge is 2.36. The number of benzene rings is 1. The lowest BCUT2D eigenvalue weighted by Crippen LogP contribution is -2.51. The number of ether oxygens (including phenoxy) is 1. The summed E-state index contributed by atoms with van der Waals surface area (Å²) in [6.07, 6.45) is 9.55. The van der Waals surface area contributed by atoms with Gasteiger partial charge in [0, 0.05) is 38.3 Å². The van der Waals surface area contributed by atoms with Crippen molar-refractivity contribution in [3.05, 3.63) is 59.9 Å². The van der Waals surface area contributed by atoms with Crippen LogP contribution in [0.15, 0.2) is 54.9 Å². The molecule has 7 heteroatoms. The molecule has 31 heavy (non-hydrogen) atoms. The smallest absolute Gasteiger partial charge is 0.226 e. The monoisotopic (exact) mass is 434 g/mol. The summed E-state index contributed by atoms with van der Waals surface area (Å²) >= 11 is 1.73. The van der Waals surface area contributed by atoms with E-state index in [1.807, 2.05) is 23.1 Å². The van der Waals surface area contributed by atoms with Crippen LogP contribution in [0.4, 0.5) is 5.69 Å². The molecule has 160 valence electrons. The second-order valence-electron chi connectivity index (χ2n) is 8.04. The van der Waals surface area contributed by atoms with E-state index < -0.39 is 0 Å². The van der Waals surface area contributed by atoms with Crippen molar-refractivity contribution < 1.29 is 9.53 Å². The van der Waals surface area contributed by atoms with Gasteiger partial charge in [-0.3, -0.25) is 9.78 Å². The van der Waals surface area contributed by atoms with Crippen LogP contribution in [-0.4, -0.2) is 54.1 Å². The molecule has 1 aliphatic heterocycles. The van der Waals surface area contributed by atoms with Gasteiger partial charge in [0.2, 0.25) is 5.91 Å². The molecule has 1 aromatic carbocycles. The van der Waals surface area contributed by atoms with E-state index >= 15 is 0 Å². The third kappa shape index (κ3) is 3.90. The molecule has 6 nitrogen and oxygen atoms in total. The summed E-state index contributed by atoms with van der Waals surface area (Å²) in [5.41, 5.74) is 2.07. The minimum absolute atomic E-state index is 0.0347. The minimum Gasteiger partial charge on any atom is -0.493 e. The number of carbonyl (C=O) groups excluding carboxylic acids is 1. The Morgan fingerprint density at radius 3 is 2.71 bits per heavy atom. The molecule has 3 aromatic rings. The number of methoxy groups -OCH3 is 1. The van der Waals surface area contributed by atoms with Gasteiger partial charge < -0.3 is 14.5 Å². The molecule has 0 bridgehead atoms. The van der Waals surface area contributed by atoms with Crippen LogP contribution in [0.2, 0.25) is 0 Å². The molecule has 0 saturated carbocycles. The topological polar surface area (TPSA) is 58.6 Å². The summed E-state index contributed by atoms with van der Waals surface area (Å²) in [6, 6.07) is 10.2. The lowest BCUT2D eigenvalue weighted by atomic mass is 9.82. The van der Waals surface area contributed by atoms with Gasteiger partial charge in [0.25, 0.3) is 0 Å². The van der Waals surface area contributed by atoms with Crippen molar-refractivity contribution in [2.24, 2.45) is 5.92 Å². The number of amides is 1. The fraction of sp³-hybridized carbons (Fsp3) is 0.375. The van der Waals surface area contributed by atoms with E-state index in [2.05, 4.69) is 34.2 Å². The number of allylic oxidation sites excluding steroid dienone is 2. The number of rotatable bonds is 4. The lowest BCUT2D eigenvalue weighted by molar-refractivity contribution is -0.136. The Kier molecular flexibility index (Phi) is 5.59. The van der Waals surface area contributed by atoms with Gasteiger partial charge in [-0.2, -0.15) is 0 Å². The molecular formula is C24H26N4O2S. The molecule has 0 radical (unpaired) electrons. The van der Waals surface area contributed by atoms with E-state index in [0.29, 0.717) is 0 Å². The lowest BCUT2D eigenvalue weighted by Gasteiger charge is -2.39. The van der Waals surface area contributed by atoms with Gasteiger partial charge >= 0.3 is 0 Å². The number of thiazole rings is 1. The molecule has 2 aromatic heterocycles. The highest BCUT2D eigenvalue weighted by Crippen LogP contribution is 2.39. The Bertz CT molecular complexity index is 1070. The van der Waals surface area contributed by atoms with E-state index in [1.165, 1.54) is 4.70 Å². The fourth-order valence-electron chi connectivity index (χ4n) is 4.60. The number of nitrogens with zero attached hydrogens (tertiary/aromatic N) is 4. The Labute approximate surface area is 186 Å². The Balaban J connectivity index is 1.30. The van der Waals surface area contributed by atoms with Gasteiger partial charge in [-0.1, -0.05) is 24.3 Å². The zero-order chi connectivity index (χ0) is 21.2. The van der Waals surface area contributed by atoms with Gasteiger partial charge in [0.1, 0.15) is 0 Å². The predicted octanol–water partition coefficient (Wildman–Crippen LogP) is 4.10. The quantitative estimate of drug-likeness (QED) is 0.579. The van der Waals surface area contributed by atoms with Gasteiger partial charge in [-0.25, -0.2) is 4.98 Å². The van der Waals surface area contributed by atoms with Crippen LogP contribution in [0.25, 0.3) is 10.2 Å². The third-order valence-corrected chi connectivity index (χ3v) is 7.46. The largest absolute Gasteiger partial charge is 0.493 e. The number of hydrogen-bond acceptors (Lipinski definition) is 6. The van der Waals surface area contributed by atoms with Crippen molar-refractivity contribution in [1.29, 1.82) is 0 Å². The number of piperazine rings is 1. The van der Waals surface area contributed by atoms with Crippen LogP contribution in [0.3, 0.4) is 0 Å². The van der Waals surface area contributed by atoms with Gasteiger partial charge in [0.15, 0.2) is 5.75 Å². The molecule has 1 saturated heterocycles. The van der Waals surface area contributed by atoms with Crippen molar-refractivity contribution in [1.82, 2.24) is 14.9 Å². The Morgan fingerprint density at radius 1 is 1.10 bits per heavy atom. The number of pyridine rings is 1. The fourth-order valence-corrected chi connectivity index (χ4v) is 5.75. The van der Waals surface area contributed by atoms with Crippen molar-refractivity contribution in [3.63, 3.8) is 0 Å².